The van der Waals surface area contributed by atoms with Gasteiger partial charge in [-0.1, -0.05) is 36.4 Å². The van der Waals surface area contributed by atoms with Crippen LogP contribution >= 0.6 is 0 Å². The fourth-order valence-corrected chi connectivity index (χ4v) is 3.62. The third-order valence-corrected chi connectivity index (χ3v) is 5.07. The molecule has 3 aromatic rings. The van der Waals surface area contributed by atoms with Crippen LogP contribution in [0.5, 0.6) is 11.5 Å². The van der Waals surface area contributed by atoms with Gasteiger partial charge in [-0.2, -0.15) is 0 Å². The summed E-state index contributed by atoms with van der Waals surface area (Å²) in [7, 11) is 0. The van der Waals surface area contributed by atoms with E-state index in [9.17, 15) is 14.4 Å². The second kappa shape index (κ2) is 8.44. The van der Waals surface area contributed by atoms with Gasteiger partial charge in [0.05, 0.1) is 0 Å². The summed E-state index contributed by atoms with van der Waals surface area (Å²) in [6.45, 7) is 2.96. The first-order valence-electron chi connectivity index (χ1n) is 9.92. The van der Waals surface area contributed by atoms with Gasteiger partial charge < -0.3 is 14.8 Å². The Morgan fingerprint density at radius 1 is 0.871 bits per heavy atom. The van der Waals surface area contributed by atoms with Crippen molar-refractivity contribution in [1.82, 2.24) is 0 Å². The maximum absolute atomic E-state index is 13.2. The minimum atomic E-state index is -0.971. The van der Waals surface area contributed by atoms with E-state index in [0.29, 0.717) is 33.9 Å². The monoisotopic (exact) mass is 415 g/mol. The van der Waals surface area contributed by atoms with Gasteiger partial charge >= 0.3 is 5.97 Å². The van der Waals surface area contributed by atoms with Crippen molar-refractivity contribution in [3.05, 3.63) is 89.5 Å². The lowest BCUT2D eigenvalue weighted by molar-refractivity contribution is -0.147. The fraction of sp³-hybridized carbons (Fsp3) is 0.160. The first-order chi connectivity index (χ1) is 14.9. The van der Waals surface area contributed by atoms with E-state index in [-0.39, 0.29) is 11.7 Å². The average Bonchev–Trinajstić information content (AvgIpc) is 2.76. The fourth-order valence-electron chi connectivity index (χ4n) is 3.62. The molecule has 3 aromatic carbocycles. The summed E-state index contributed by atoms with van der Waals surface area (Å²) in [6.07, 6.45) is -0.971. The number of benzene rings is 3. The Hall–Kier alpha value is -3.93. The highest BCUT2D eigenvalue weighted by Gasteiger charge is 2.35. The van der Waals surface area contributed by atoms with E-state index in [1.165, 1.54) is 6.92 Å². The second-order valence-corrected chi connectivity index (χ2v) is 7.31. The molecule has 4 rings (SSSR count). The number of ether oxygens (including phenoxy) is 2. The molecule has 0 saturated carbocycles. The van der Waals surface area contributed by atoms with Crippen molar-refractivity contribution in [2.24, 2.45) is 0 Å². The number of fused-ring (bicyclic) bond motifs is 2. The van der Waals surface area contributed by atoms with Crippen molar-refractivity contribution in [3.8, 4) is 11.5 Å². The van der Waals surface area contributed by atoms with Crippen molar-refractivity contribution >= 4 is 23.3 Å². The number of ketones is 1. The van der Waals surface area contributed by atoms with E-state index in [1.807, 2.05) is 36.4 Å². The molecule has 156 valence electrons. The van der Waals surface area contributed by atoms with Gasteiger partial charge in [-0.3, -0.25) is 14.4 Å². The predicted molar refractivity (Wildman–Crippen MR) is 115 cm³/mol. The molecule has 0 bridgehead atoms. The number of esters is 1. The second-order valence-electron chi connectivity index (χ2n) is 7.31. The van der Waals surface area contributed by atoms with Crippen LogP contribution in [-0.2, 0) is 14.3 Å². The maximum atomic E-state index is 13.2. The van der Waals surface area contributed by atoms with E-state index in [2.05, 4.69) is 5.32 Å². The van der Waals surface area contributed by atoms with E-state index in [0.717, 1.165) is 0 Å². The summed E-state index contributed by atoms with van der Waals surface area (Å²) in [5.74, 6) is -0.529. The number of rotatable bonds is 5. The van der Waals surface area contributed by atoms with Crippen LogP contribution < -0.4 is 10.1 Å². The largest absolute Gasteiger partial charge is 0.457 e. The minimum absolute atomic E-state index is 0.196. The topological polar surface area (TPSA) is 81.7 Å². The summed E-state index contributed by atoms with van der Waals surface area (Å²) < 4.78 is 11.5. The van der Waals surface area contributed by atoms with Gasteiger partial charge in [0.15, 0.2) is 6.10 Å². The van der Waals surface area contributed by atoms with E-state index >= 15 is 0 Å². The van der Waals surface area contributed by atoms with Crippen LogP contribution in [0.25, 0.3) is 0 Å². The maximum Gasteiger partial charge on any atom is 0.318 e. The van der Waals surface area contributed by atoms with Gasteiger partial charge in [0.25, 0.3) is 0 Å². The van der Waals surface area contributed by atoms with Crippen LogP contribution in [0, 0.1) is 0 Å². The number of anilines is 1. The average molecular weight is 415 g/mol. The standard InChI is InChI=1S/C25H21NO5/c1-15(24(28)17-11-13-18(14-12-17)26-16(2)27)30-25(29)23-19-7-3-5-9-21(19)31-22-10-6-4-8-20(22)23/h3-15,23H,1-2H3,(H,26,27)/t15-/m0/s1. The SMILES string of the molecule is CC(=O)Nc1ccc(C(=O)[C@H](C)OC(=O)C2c3ccccc3Oc3ccccc32)cc1. The lowest BCUT2D eigenvalue weighted by atomic mass is 9.88. The molecule has 0 unspecified atom stereocenters. The molecule has 0 aromatic heterocycles. The van der Waals surface area contributed by atoms with Gasteiger partial charge in [0.1, 0.15) is 17.4 Å². The van der Waals surface area contributed by atoms with Crippen molar-refractivity contribution in [2.75, 3.05) is 5.32 Å². The molecule has 1 aliphatic heterocycles. The lowest BCUT2D eigenvalue weighted by Crippen LogP contribution is -2.29. The third-order valence-electron chi connectivity index (χ3n) is 5.07. The molecule has 6 nitrogen and oxygen atoms in total. The first-order valence-corrected chi connectivity index (χ1v) is 9.92. The zero-order valence-electron chi connectivity index (χ0n) is 17.1. The molecule has 0 spiro atoms. The number of para-hydroxylation sites is 2. The quantitative estimate of drug-likeness (QED) is 0.483. The van der Waals surface area contributed by atoms with Crippen LogP contribution in [0.2, 0.25) is 0 Å². The number of Topliss-reactive ketones (excluding diaryl/α,β-unsaturated/α-hetero) is 1. The molecule has 1 atom stereocenters. The smallest absolute Gasteiger partial charge is 0.318 e. The highest BCUT2D eigenvalue weighted by Crippen LogP contribution is 2.44. The van der Waals surface area contributed by atoms with E-state index < -0.39 is 18.0 Å². The van der Waals surface area contributed by atoms with Crippen molar-refractivity contribution in [2.45, 2.75) is 25.9 Å². The molecule has 0 fully saturated rings. The number of hydrogen-bond donors (Lipinski definition) is 1. The number of carbonyl (C=O) groups is 3. The highest BCUT2D eigenvalue weighted by atomic mass is 16.5. The molecule has 0 saturated heterocycles. The van der Waals surface area contributed by atoms with Gasteiger partial charge in [-0.25, -0.2) is 0 Å². The number of carbonyl (C=O) groups excluding carboxylic acids is 3. The number of nitrogens with one attached hydrogen (secondary N) is 1. The molecule has 1 N–H and O–H groups in total. The Balaban J connectivity index is 1.54. The Labute approximate surface area is 179 Å². The Morgan fingerprint density at radius 3 is 1.97 bits per heavy atom. The molecule has 1 heterocycles. The Bertz CT molecular complexity index is 1110. The van der Waals surface area contributed by atoms with Crippen LogP contribution in [0.4, 0.5) is 5.69 Å². The number of hydrogen-bond acceptors (Lipinski definition) is 5. The van der Waals surface area contributed by atoms with Crippen molar-refractivity contribution < 1.29 is 23.9 Å². The third kappa shape index (κ3) is 4.19. The molecule has 31 heavy (non-hydrogen) atoms. The molecular weight excluding hydrogens is 394 g/mol. The zero-order chi connectivity index (χ0) is 22.0. The van der Waals surface area contributed by atoms with Gasteiger partial charge in [0.2, 0.25) is 11.7 Å². The van der Waals surface area contributed by atoms with Gasteiger partial charge in [-0.05, 0) is 43.3 Å². The van der Waals surface area contributed by atoms with Crippen LogP contribution in [0.3, 0.4) is 0 Å². The first kappa shape index (κ1) is 20.3. The van der Waals surface area contributed by atoms with Crippen molar-refractivity contribution in [3.63, 3.8) is 0 Å². The molecule has 0 aliphatic carbocycles. The summed E-state index contributed by atoms with van der Waals surface area (Å²) in [4.78, 5) is 37.1. The van der Waals surface area contributed by atoms with E-state index in [4.69, 9.17) is 9.47 Å². The lowest BCUT2D eigenvalue weighted by Gasteiger charge is -2.27. The van der Waals surface area contributed by atoms with Crippen LogP contribution in [0.15, 0.2) is 72.8 Å². The Morgan fingerprint density at radius 2 is 1.42 bits per heavy atom. The summed E-state index contributed by atoms with van der Waals surface area (Å²) in [5.41, 5.74) is 2.38. The normalized spacial score (nSPS) is 13.2. The summed E-state index contributed by atoms with van der Waals surface area (Å²) in [5, 5.41) is 2.65. The number of amides is 1. The van der Waals surface area contributed by atoms with Crippen LogP contribution in [0.1, 0.15) is 41.3 Å². The molecule has 1 aliphatic rings. The Kier molecular flexibility index (Phi) is 5.54. The summed E-state index contributed by atoms with van der Waals surface area (Å²) in [6, 6.07) is 21.1. The predicted octanol–water partition coefficient (Wildman–Crippen LogP) is 4.70. The van der Waals surface area contributed by atoms with E-state index in [1.54, 1.807) is 43.3 Å². The summed E-state index contributed by atoms with van der Waals surface area (Å²) >= 11 is 0. The zero-order valence-corrected chi connectivity index (χ0v) is 17.1. The molecular formula is C25H21NO5. The molecule has 6 heteroatoms. The van der Waals surface area contributed by atoms with Gasteiger partial charge in [-0.15, -0.1) is 0 Å². The van der Waals surface area contributed by atoms with Crippen molar-refractivity contribution in [1.29, 1.82) is 0 Å². The molecule has 0 radical (unpaired) electrons. The van der Waals surface area contributed by atoms with Crippen LogP contribution in [-0.4, -0.2) is 23.8 Å². The van der Waals surface area contributed by atoms with Gasteiger partial charge in [0, 0.05) is 29.3 Å². The highest BCUT2D eigenvalue weighted by molar-refractivity contribution is 6.01. The molecule has 1 amide bonds. The minimum Gasteiger partial charge on any atom is -0.457 e.